The molecule has 3 rings (SSSR count). The van der Waals surface area contributed by atoms with Gasteiger partial charge in [0.15, 0.2) is 0 Å². The van der Waals surface area contributed by atoms with Gasteiger partial charge >= 0.3 is 0 Å². The number of hydrogen-bond donors (Lipinski definition) is 0. The molecular weight excluding hydrogens is 377 g/mol. The first-order valence-electron chi connectivity index (χ1n) is 9.31. The predicted molar refractivity (Wildman–Crippen MR) is 101 cm³/mol. The van der Waals surface area contributed by atoms with Gasteiger partial charge in [-0.1, -0.05) is 32.6 Å². The Kier molecular flexibility index (Phi) is 7.59. The number of ether oxygens (including phenoxy) is 1. The van der Waals surface area contributed by atoms with Crippen molar-refractivity contribution in [1.82, 2.24) is 9.78 Å². The van der Waals surface area contributed by atoms with Gasteiger partial charge < -0.3 is 4.74 Å². The number of rotatable bonds is 7. The molecule has 1 aromatic heterocycles. The molecule has 0 spiro atoms. The molecule has 0 atom stereocenters. The van der Waals surface area contributed by atoms with E-state index in [1.807, 2.05) is 6.92 Å². The van der Waals surface area contributed by atoms with Crippen LogP contribution in [0.2, 0.25) is 0 Å². The normalized spacial score (nSPS) is 16.0. The molecule has 0 saturated heterocycles. The highest BCUT2D eigenvalue weighted by Crippen LogP contribution is 2.34. The number of nitrogens with zero attached hydrogens (tertiary/aromatic N) is 2. The van der Waals surface area contributed by atoms with E-state index in [0.29, 0.717) is 18.7 Å². The Morgan fingerprint density at radius 2 is 1.89 bits per heavy atom. The lowest BCUT2D eigenvalue weighted by Crippen LogP contribution is -2.32. The first-order chi connectivity index (χ1) is 12.5. The van der Waals surface area contributed by atoms with Crippen molar-refractivity contribution in [1.29, 1.82) is 0 Å². The number of hydrogen-bond acceptors (Lipinski definition) is 2. The minimum absolute atomic E-state index is 0. The Morgan fingerprint density at radius 3 is 2.59 bits per heavy atom. The van der Waals surface area contributed by atoms with Crippen LogP contribution in [0.25, 0.3) is 0 Å². The Morgan fingerprint density at radius 1 is 1.15 bits per heavy atom. The summed E-state index contributed by atoms with van der Waals surface area (Å²) in [5.41, 5.74) is -0.334. The van der Waals surface area contributed by atoms with Crippen molar-refractivity contribution in [3.8, 4) is 5.88 Å². The summed E-state index contributed by atoms with van der Waals surface area (Å²) in [5, 5.41) is 4.48. The quantitative estimate of drug-likeness (QED) is 0.586. The molecule has 150 valence electrons. The van der Waals surface area contributed by atoms with E-state index in [4.69, 9.17) is 4.74 Å². The van der Waals surface area contributed by atoms with Crippen LogP contribution in [-0.4, -0.2) is 15.4 Å². The van der Waals surface area contributed by atoms with Crippen molar-refractivity contribution >= 4 is 12.4 Å². The van der Waals surface area contributed by atoms with Gasteiger partial charge in [0.2, 0.25) is 5.88 Å². The molecule has 1 fully saturated rings. The first kappa shape index (κ1) is 21.6. The van der Waals surface area contributed by atoms with Crippen LogP contribution in [-0.2, 0) is 19.6 Å². The minimum atomic E-state index is -1.28. The average molecular weight is 403 g/mol. The van der Waals surface area contributed by atoms with Crippen LogP contribution in [0.1, 0.15) is 56.7 Å². The lowest BCUT2D eigenvalue weighted by molar-refractivity contribution is 0.0763. The van der Waals surface area contributed by atoms with E-state index in [-0.39, 0.29) is 31.1 Å². The second-order valence-corrected chi connectivity index (χ2v) is 7.12. The van der Waals surface area contributed by atoms with E-state index in [0.717, 1.165) is 56.0 Å². The SMILES string of the molecule is CCCc1cc(OCc2cc(F)ccc2F)n(CC2(F)CCCCC2)n1.Cl. The molecule has 7 heteroatoms. The van der Waals surface area contributed by atoms with Gasteiger partial charge in [0.1, 0.15) is 23.9 Å². The molecule has 0 aliphatic heterocycles. The van der Waals surface area contributed by atoms with Crippen molar-refractivity contribution in [2.75, 3.05) is 0 Å². The van der Waals surface area contributed by atoms with E-state index >= 15 is 4.39 Å². The third-order valence-corrected chi connectivity index (χ3v) is 4.87. The van der Waals surface area contributed by atoms with E-state index in [1.54, 1.807) is 10.7 Å². The van der Waals surface area contributed by atoms with Crippen molar-refractivity contribution in [3.63, 3.8) is 0 Å². The number of aromatic nitrogens is 2. The maximum absolute atomic E-state index is 15.1. The molecule has 1 aliphatic rings. The van der Waals surface area contributed by atoms with Crippen molar-refractivity contribution in [2.45, 2.75) is 70.7 Å². The van der Waals surface area contributed by atoms with Gasteiger partial charge in [-0.3, -0.25) is 0 Å². The molecule has 0 bridgehead atoms. The van der Waals surface area contributed by atoms with Gasteiger partial charge in [-0.2, -0.15) is 5.10 Å². The van der Waals surface area contributed by atoms with Crippen molar-refractivity contribution in [3.05, 3.63) is 47.2 Å². The maximum Gasteiger partial charge on any atom is 0.212 e. The largest absolute Gasteiger partial charge is 0.473 e. The summed E-state index contributed by atoms with van der Waals surface area (Å²) in [6.45, 7) is 2.05. The molecule has 0 N–H and O–H groups in total. The van der Waals surface area contributed by atoms with Crippen LogP contribution in [0.5, 0.6) is 5.88 Å². The lowest BCUT2D eigenvalue weighted by Gasteiger charge is -2.29. The minimum Gasteiger partial charge on any atom is -0.473 e. The number of halogens is 4. The molecule has 1 aliphatic carbocycles. The van der Waals surface area contributed by atoms with E-state index in [9.17, 15) is 8.78 Å². The summed E-state index contributed by atoms with van der Waals surface area (Å²) >= 11 is 0. The lowest BCUT2D eigenvalue weighted by atomic mass is 9.86. The van der Waals surface area contributed by atoms with Crippen LogP contribution in [0.15, 0.2) is 24.3 Å². The average Bonchev–Trinajstić information content (AvgIpc) is 2.97. The van der Waals surface area contributed by atoms with Crippen molar-refractivity contribution in [2.24, 2.45) is 0 Å². The summed E-state index contributed by atoms with van der Waals surface area (Å²) in [6, 6.07) is 5.03. The number of aryl methyl sites for hydroxylation is 1. The van der Waals surface area contributed by atoms with Crippen LogP contribution in [0.3, 0.4) is 0 Å². The van der Waals surface area contributed by atoms with Crippen molar-refractivity contribution < 1.29 is 17.9 Å². The topological polar surface area (TPSA) is 27.1 Å². The number of alkyl halides is 1. The Balaban J connectivity index is 0.00000261. The third-order valence-electron chi connectivity index (χ3n) is 4.87. The van der Waals surface area contributed by atoms with Crippen LogP contribution in [0, 0.1) is 11.6 Å². The maximum atomic E-state index is 15.1. The molecule has 0 amide bonds. The van der Waals surface area contributed by atoms with Crippen LogP contribution < -0.4 is 4.74 Å². The summed E-state index contributed by atoms with van der Waals surface area (Å²) in [5.74, 6) is -0.643. The van der Waals surface area contributed by atoms with Gasteiger partial charge in [-0.15, -0.1) is 12.4 Å². The fourth-order valence-electron chi connectivity index (χ4n) is 3.48. The Labute approximate surface area is 164 Å². The highest BCUT2D eigenvalue weighted by molar-refractivity contribution is 5.85. The smallest absolute Gasteiger partial charge is 0.212 e. The Hall–Kier alpha value is -1.69. The molecule has 1 aromatic carbocycles. The monoisotopic (exact) mass is 402 g/mol. The zero-order valence-electron chi connectivity index (χ0n) is 15.5. The molecule has 0 radical (unpaired) electrons. The molecular formula is C20H26ClF3N2O. The standard InChI is InChI=1S/C20H25F3N2O.ClH/c1-2-6-17-12-19(26-13-15-11-16(21)7-8-18(15)22)25(24-17)14-20(23)9-4-3-5-10-20;/h7-8,11-12H,2-6,9-10,13-14H2,1H3;1H. The fraction of sp³-hybridized carbons (Fsp3) is 0.550. The number of benzene rings is 1. The summed E-state index contributed by atoms with van der Waals surface area (Å²) in [7, 11) is 0. The van der Waals surface area contributed by atoms with E-state index in [1.165, 1.54) is 0 Å². The molecule has 2 aromatic rings. The van der Waals surface area contributed by atoms with E-state index < -0.39 is 17.3 Å². The predicted octanol–water partition coefficient (Wildman–Crippen LogP) is 5.79. The zero-order valence-corrected chi connectivity index (χ0v) is 16.3. The van der Waals surface area contributed by atoms with Gasteiger partial charge in [-0.25, -0.2) is 17.9 Å². The van der Waals surface area contributed by atoms with Crippen LogP contribution >= 0.6 is 12.4 Å². The highest BCUT2D eigenvalue weighted by atomic mass is 35.5. The second-order valence-electron chi connectivity index (χ2n) is 7.12. The zero-order chi connectivity index (χ0) is 18.6. The van der Waals surface area contributed by atoms with Crippen LogP contribution in [0.4, 0.5) is 13.2 Å². The summed E-state index contributed by atoms with van der Waals surface area (Å²) in [6.07, 6.45) is 5.54. The van der Waals surface area contributed by atoms with E-state index in [2.05, 4.69) is 5.10 Å². The third kappa shape index (κ3) is 5.64. The van der Waals surface area contributed by atoms with Gasteiger partial charge in [-0.05, 0) is 37.5 Å². The fourth-order valence-corrected chi connectivity index (χ4v) is 3.48. The first-order valence-corrected chi connectivity index (χ1v) is 9.31. The van der Waals surface area contributed by atoms with Gasteiger partial charge in [0.25, 0.3) is 0 Å². The molecule has 1 saturated carbocycles. The molecule has 0 unspecified atom stereocenters. The summed E-state index contributed by atoms with van der Waals surface area (Å²) < 4.78 is 49.5. The summed E-state index contributed by atoms with van der Waals surface area (Å²) in [4.78, 5) is 0. The highest BCUT2D eigenvalue weighted by Gasteiger charge is 2.33. The molecule has 1 heterocycles. The van der Waals surface area contributed by atoms with Gasteiger partial charge in [0.05, 0.1) is 12.2 Å². The Bertz CT molecular complexity index is 745. The molecule has 27 heavy (non-hydrogen) atoms. The second kappa shape index (κ2) is 9.49. The van der Waals surface area contributed by atoms with Gasteiger partial charge in [0, 0.05) is 11.6 Å². The molecule has 3 nitrogen and oxygen atoms in total.